The molecule has 0 bridgehead atoms. The largest absolute Gasteiger partial charge is 0.310 e. The SMILES string of the molecule is CC(C)(C)c1ccc(N(c2ccc3ccccc3c2)c2ccc3c(-c4ccc5c(c4)C(C)(C)c4ccccc4-5)c4cc(N(c5ccccc5)c5ccc6ccccc6c5)ccc4c(-c4ccc5c(c4)C(C)(C)c4ccccc4-5)c3c2)cc1. The van der Waals surface area contributed by atoms with E-state index in [4.69, 9.17) is 0 Å². The summed E-state index contributed by atoms with van der Waals surface area (Å²) in [5.41, 5.74) is 23.2. The zero-order valence-corrected chi connectivity index (χ0v) is 47.7. The van der Waals surface area contributed by atoms with Crippen LogP contribution in [0.3, 0.4) is 0 Å². The first-order valence-corrected chi connectivity index (χ1v) is 29.1. The van der Waals surface area contributed by atoms with E-state index in [1.54, 1.807) is 0 Å². The highest BCUT2D eigenvalue weighted by atomic mass is 15.1. The summed E-state index contributed by atoms with van der Waals surface area (Å²) >= 11 is 0. The Kier molecular flexibility index (Phi) is 11.2. The minimum absolute atomic E-state index is 0.0104. The fourth-order valence-electron chi connectivity index (χ4n) is 14.0. The highest BCUT2D eigenvalue weighted by molar-refractivity contribution is 6.23. The summed E-state index contributed by atoms with van der Waals surface area (Å²) in [6, 6.07) is 98.5. The molecular weight excluding hydrogens is 989 g/mol. The first kappa shape index (κ1) is 49.5. The number of para-hydroxylation sites is 1. The quantitative estimate of drug-likeness (QED) is 0.140. The van der Waals surface area contributed by atoms with Gasteiger partial charge in [0.2, 0.25) is 0 Å². The van der Waals surface area contributed by atoms with Crippen LogP contribution in [-0.2, 0) is 16.2 Å². The van der Waals surface area contributed by atoms with Crippen LogP contribution >= 0.6 is 0 Å². The zero-order valence-electron chi connectivity index (χ0n) is 47.7. The summed E-state index contributed by atoms with van der Waals surface area (Å²) in [7, 11) is 0. The van der Waals surface area contributed by atoms with Crippen molar-refractivity contribution in [3.63, 3.8) is 0 Å². The molecule has 2 heteroatoms. The minimum Gasteiger partial charge on any atom is -0.310 e. The van der Waals surface area contributed by atoms with E-state index in [9.17, 15) is 0 Å². The normalized spacial score (nSPS) is 13.7. The summed E-state index contributed by atoms with van der Waals surface area (Å²) in [5.74, 6) is 0. The second-order valence-electron chi connectivity index (χ2n) is 24.9. The van der Waals surface area contributed by atoms with Crippen molar-refractivity contribution in [1.82, 2.24) is 0 Å². The summed E-state index contributed by atoms with van der Waals surface area (Å²) in [5, 5.41) is 9.68. The Balaban J connectivity index is 1.05. The predicted molar refractivity (Wildman–Crippen MR) is 351 cm³/mol. The van der Waals surface area contributed by atoms with Gasteiger partial charge in [-0.2, -0.15) is 0 Å². The van der Waals surface area contributed by atoms with Gasteiger partial charge in [-0.3, -0.25) is 0 Å². The molecule has 13 aromatic rings. The number of hydrogen-bond acceptors (Lipinski definition) is 2. The van der Waals surface area contributed by atoms with Gasteiger partial charge in [0.25, 0.3) is 0 Å². The molecule has 2 nitrogen and oxygen atoms in total. The highest BCUT2D eigenvalue weighted by Gasteiger charge is 2.37. The van der Waals surface area contributed by atoms with Crippen LogP contribution in [-0.4, -0.2) is 0 Å². The number of anilines is 6. The number of fused-ring (bicyclic) bond motifs is 10. The molecule has 0 heterocycles. The third-order valence-corrected chi connectivity index (χ3v) is 18.3. The van der Waals surface area contributed by atoms with E-state index in [2.05, 4.69) is 319 Å². The van der Waals surface area contributed by atoms with Crippen molar-refractivity contribution in [3.8, 4) is 44.5 Å². The molecule has 13 aromatic carbocycles. The Bertz CT molecular complexity index is 4720. The van der Waals surface area contributed by atoms with E-state index in [0.717, 1.165) is 34.1 Å². The number of hydrogen-bond donors (Lipinski definition) is 0. The van der Waals surface area contributed by atoms with Crippen molar-refractivity contribution < 1.29 is 0 Å². The third-order valence-electron chi connectivity index (χ3n) is 18.3. The van der Waals surface area contributed by atoms with E-state index in [1.807, 2.05) is 0 Å². The van der Waals surface area contributed by atoms with Crippen molar-refractivity contribution in [1.29, 1.82) is 0 Å². The lowest BCUT2D eigenvalue weighted by atomic mass is 9.79. The molecule has 15 rings (SSSR count). The lowest BCUT2D eigenvalue weighted by Gasteiger charge is -2.29. The molecule has 0 aliphatic heterocycles. The van der Waals surface area contributed by atoms with Gasteiger partial charge in [0, 0.05) is 45.0 Å². The fraction of sp³-hybridized carbons (Fsp3) is 0.125. The molecule has 0 unspecified atom stereocenters. The molecule has 0 fully saturated rings. The van der Waals surface area contributed by atoms with Crippen LogP contribution in [0.25, 0.3) is 87.6 Å². The Hall–Kier alpha value is -9.50. The summed E-state index contributed by atoms with van der Waals surface area (Å²) in [6.07, 6.45) is 0. The number of rotatable bonds is 8. The number of benzene rings is 13. The summed E-state index contributed by atoms with van der Waals surface area (Å²) < 4.78 is 0. The van der Waals surface area contributed by atoms with E-state index < -0.39 is 0 Å². The van der Waals surface area contributed by atoms with Gasteiger partial charge >= 0.3 is 0 Å². The lowest BCUT2D eigenvalue weighted by Crippen LogP contribution is -2.15. The number of nitrogens with zero attached hydrogens (tertiary/aromatic N) is 2. The maximum absolute atomic E-state index is 2.52. The molecule has 2 aliphatic rings. The molecule has 394 valence electrons. The summed E-state index contributed by atoms with van der Waals surface area (Å²) in [4.78, 5) is 4.90. The average Bonchev–Trinajstić information content (AvgIpc) is 1.85. The first-order valence-electron chi connectivity index (χ1n) is 29.1. The van der Waals surface area contributed by atoms with Crippen LogP contribution in [0.4, 0.5) is 34.1 Å². The van der Waals surface area contributed by atoms with E-state index in [0.29, 0.717) is 0 Å². The molecule has 82 heavy (non-hydrogen) atoms. The zero-order chi connectivity index (χ0) is 55.6. The predicted octanol–water partition coefficient (Wildman–Crippen LogP) is 22.5. The van der Waals surface area contributed by atoms with Crippen LogP contribution in [0, 0.1) is 0 Å². The lowest BCUT2D eigenvalue weighted by molar-refractivity contribution is 0.590. The molecule has 2 aliphatic carbocycles. The Morgan fingerprint density at radius 3 is 1.10 bits per heavy atom. The van der Waals surface area contributed by atoms with Crippen molar-refractivity contribution in [3.05, 3.63) is 289 Å². The molecule has 0 atom stereocenters. The second kappa shape index (κ2) is 18.5. The van der Waals surface area contributed by atoms with Gasteiger partial charge in [-0.25, -0.2) is 0 Å². The fourth-order valence-corrected chi connectivity index (χ4v) is 14.0. The molecule has 0 radical (unpaired) electrons. The molecule has 0 saturated carbocycles. The van der Waals surface area contributed by atoms with Gasteiger partial charge in [0.05, 0.1) is 0 Å². The highest BCUT2D eigenvalue weighted by Crippen LogP contribution is 2.55. The van der Waals surface area contributed by atoms with Crippen LogP contribution in [0.15, 0.2) is 261 Å². The van der Waals surface area contributed by atoms with E-state index >= 15 is 0 Å². The Morgan fingerprint density at radius 2 is 0.634 bits per heavy atom. The Labute approximate surface area is 482 Å². The molecule has 0 aromatic heterocycles. The van der Waals surface area contributed by atoms with Crippen molar-refractivity contribution >= 4 is 77.2 Å². The van der Waals surface area contributed by atoms with Gasteiger partial charge in [0.1, 0.15) is 0 Å². The molecule has 0 N–H and O–H groups in total. The second-order valence-corrected chi connectivity index (χ2v) is 24.9. The van der Waals surface area contributed by atoms with Gasteiger partial charge < -0.3 is 9.80 Å². The minimum atomic E-state index is -0.192. The maximum atomic E-state index is 2.52. The van der Waals surface area contributed by atoms with Gasteiger partial charge in [0.15, 0.2) is 0 Å². The van der Waals surface area contributed by atoms with Gasteiger partial charge in [-0.05, 0) is 206 Å². The monoisotopic (exact) mass is 1050 g/mol. The van der Waals surface area contributed by atoms with Crippen molar-refractivity contribution in [2.24, 2.45) is 0 Å². The van der Waals surface area contributed by atoms with Crippen LogP contribution < -0.4 is 9.80 Å². The maximum Gasteiger partial charge on any atom is 0.0468 e. The summed E-state index contributed by atoms with van der Waals surface area (Å²) in [6.45, 7) is 16.5. The van der Waals surface area contributed by atoms with Crippen LogP contribution in [0.2, 0.25) is 0 Å². The standard InChI is InChI=1S/C80H64N2/c1-78(2,3)57-33-37-59(38-34-57)82(61-36-30-52-20-12-14-22-54(52)46-61)63-40-44-69-71(50-63)77(56-32-42-67-65-26-16-18-28-73(65)80(6,7)75(67)48-56)68-43-39-62(81(58-23-9-8-10-24-58)60-35-29-51-19-11-13-21-53(51)45-60)49-70(68)76(69)55-31-41-66-64-25-15-17-27-72(64)79(4,5)74(66)47-55/h8-50H,1-7H3. The topological polar surface area (TPSA) is 6.48 Å². The molecule has 0 spiro atoms. The van der Waals surface area contributed by atoms with Crippen molar-refractivity contribution in [2.45, 2.75) is 64.7 Å². The van der Waals surface area contributed by atoms with Gasteiger partial charge in [-0.1, -0.05) is 224 Å². The van der Waals surface area contributed by atoms with Crippen molar-refractivity contribution in [2.75, 3.05) is 9.80 Å². The average molecular weight is 1050 g/mol. The van der Waals surface area contributed by atoms with E-state index in [-0.39, 0.29) is 16.2 Å². The molecular formula is C80H64N2. The molecule has 0 saturated heterocycles. The van der Waals surface area contributed by atoms with Gasteiger partial charge in [-0.15, -0.1) is 0 Å². The van der Waals surface area contributed by atoms with Crippen LogP contribution in [0.1, 0.15) is 76.3 Å². The van der Waals surface area contributed by atoms with Crippen LogP contribution in [0.5, 0.6) is 0 Å². The van der Waals surface area contributed by atoms with E-state index in [1.165, 1.54) is 115 Å². The smallest absolute Gasteiger partial charge is 0.0468 e. The Morgan fingerprint density at radius 1 is 0.268 bits per heavy atom. The third kappa shape index (κ3) is 7.83. The molecule has 0 amide bonds. The first-order chi connectivity index (χ1) is 39.8.